The van der Waals surface area contributed by atoms with Gasteiger partial charge in [0, 0.05) is 26.7 Å². The van der Waals surface area contributed by atoms with E-state index in [-0.39, 0.29) is 11.7 Å². The summed E-state index contributed by atoms with van der Waals surface area (Å²) in [4.78, 5) is 26.0. The number of Topliss-reactive ketones (excluding diaryl/α,β-unsaturated/α-hetero) is 1. The summed E-state index contributed by atoms with van der Waals surface area (Å²) in [5.74, 6) is 0.519. The molecule has 1 aromatic rings. The lowest BCUT2D eigenvalue weighted by Gasteiger charge is -2.24. The van der Waals surface area contributed by atoms with Gasteiger partial charge in [0.1, 0.15) is 0 Å². The van der Waals surface area contributed by atoms with Crippen LogP contribution >= 0.6 is 11.8 Å². The molecule has 1 aliphatic heterocycles. The summed E-state index contributed by atoms with van der Waals surface area (Å²) < 4.78 is 0. The number of nitrogens with zero attached hydrogens (tertiary/aromatic N) is 2. The van der Waals surface area contributed by atoms with Gasteiger partial charge in [-0.25, -0.2) is 0 Å². The molecule has 0 atom stereocenters. The van der Waals surface area contributed by atoms with E-state index in [0.717, 1.165) is 11.3 Å². The maximum atomic E-state index is 12.2. The van der Waals surface area contributed by atoms with Crippen LogP contribution in [0, 0.1) is 0 Å². The Labute approximate surface area is 147 Å². The molecule has 0 radical (unpaired) electrons. The first-order valence-electron chi connectivity index (χ1n) is 7.79. The number of ketones is 1. The van der Waals surface area contributed by atoms with Crippen LogP contribution in [0.1, 0.15) is 18.9 Å². The SMILES string of the molecule is CC(=O)C(=CN(C)C)C1=CSCN1NC(=O)CCc1ccccc1. The van der Waals surface area contributed by atoms with E-state index >= 15 is 0 Å². The van der Waals surface area contributed by atoms with Gasteiger partial charge in [-0.05, 0) is 24.3 Å². The molecule has 0 spiro atoms. The molecule has 24 heavy (non-hydrogen) atoms. The van der Waals surface area contributed by atoms with Gasteiger partial charge in [0.15, 0.2) is 5.78 Å². The van der Waals surface area contributed by atoms with E-state index in [0.29, 0.717) is 24.3 Å². The van der Waals surface area contributed by atoms with Crippen molar-refractivity contribution in [3.8, 4) is 0 Å². The second-order valence-corrected chi connectivity index (χ2v) is 6.64. The highest BCUT2D eigenvalue weighted by Crippen LogP contribution is 2.27. The summed E-state index contributed by atoms with van der Waals surface area (Å²) in [6.45, 7) is 1.54. The van der Waals surface area contributed by atoms with Crippen molar-refractivity contribution in [1.82, 2.24) is 15.3 Å². The molecule has 2 rings (SSSR count). The van der Waals surface area contributed by atoms with Crippen LogP contribution in [0.5, 0.6) is 0 Å². The molecule has 0 aromatic heterocycles. The van der Waals surface area contributed by atoms with Gasteiger partial charge in [-0.15, -0.1) is 11.8 Å². The number of nitrogens with one attached hydrogen (secondary N) is 1. The van der Waals surface area contributed by atoms with Crippen LogP contribution in [0.15, 0.2) is 53.2 Å². The number of carbonyl (C=O) groups is 2. The minimum absolute atomic E-state index is 0.0269. The van der Waals surface area contributed by atoms with Gasteiger partial charge < -0.3 is 4.90 Å². The predicted octanol–water partition coefficient (Wildman–Crippen LogP) is 2.53. The lowest BCUT2D eigenvalue weighted by atomic mass is 10.1. The van der Waals surface area contributed by atoms with Gasteiger partial charge >= 0.3 is 0 Å². The number of hydrogen-bond donors (Lipinski definition) is 1. The summed E-state index contributed by atoms with van der Waals surface area (Å²) in [5.41, 5.74) is 5.37. The maximum absolute atomic E-state index is 12.2. The van der Waals surface area contributed by atoms with Crippen molar-refractivity contribution in [2.75, 3.05) is 20.0 Å². The van der Waals surface area contributed by atoms with Crippen LogP contribution in [0.25, 0.3) is 0 Å². The molecule has 1 aliphatic rings. The normalized spacial score (nSPS) is 14.4. The first-order valence-corrected chi connectivity index (χ1v) is 8.84. The highest BCUT2D eigenvalue weighted by atomic mass is 32.2. The molecule has 0 saturated heterocycles. The Bertz CT molecular complexity index is 653. The number of allylic oxidation sites excluding steroid dienone is 1. The highest BCUT2D eigenvalue weighted by molar-refractivity contribution is 8.02. The van der Waals surface area contributed by atoms with Crippen molar-refractivity contribution in [1.29, 1.82) is 0 Å². The molecule has 1 N–H and O–H groups in total. The Morgan fingerprint density at radius 2 is 2.00 bits per heavy atom. The third-order valence-electron chi connectivity index (χ3n) is 3.48. The van der Waals surface area contributed by atoms with Crippen molar-refractivity contribution in [3.05, 3.63) is 58.8 Å². The van der Waals surface area contributed by atoms with Gasteiger partial charge in [0.2, 0.25) is 5.91 Å². The van der Waals surface area contributed by atoms with Crippen molar-refractivity contribution < 1.29 is 9.59 Å². The van der Waals surface area contributed by atoms with E-state index in [1.807, 2.05) is 54.7 Å². The Hall–Kier alpha value is -2.21. The van der Waals surface area contributed by atoms with Crippen LogP contribution in [-0.4, -0.2) is 41.6 Å². The van der Waals surface area contributed by atoms with Crippen LogP contribution in [-0.2, 0) is 16.0 Å². The molecule has 0 unspecified atom stereocenters. The van der Waals surface area contributed by atoms with Crippen LogP contribution in [0.2, 0.25) is 0 Å². The van der Waals surface area contributed by atoms with Crippen LogP contribution < -0.4 is 5.43 Å². The van der Waals surface area contributed by atoms with E-state index in [2.05, 4.69) is 5.43 Å². The molecule has 5 nitrogen and oxygen atoms in total. The molecule has 6 heteroatoms. The van der Waals surface area contributed by atoms with Crippen molar-refractivity contribution >= 4 is 23.5 Å². The zero-order valence-corrected chi connectivity index (χ0v) is 15.1. The zero-order valence-electron chi connectivity index (χ0n) is 14.3. The molecule has 1 amide bonds. The van der Waals surface area contributed by atoms with Crippen LogP contribution in [0.4, 0.5) is 0 Å². The van der Waals surface area contributed by atoms with Crippen LogP contribution in [0.3, 0.4) is 0 Å². The average Bonchev–Trinajstić information content (AvgIpc) is 2.99. The smallest absolute Gasteiger partial charge is 0.238 e. The van der Waals surface area contributed by atoms with E-state index in [4.69, 9.17) is 0 Å². The number of thioether (sulfide) groups is 1. The van der Waals surface area contributed by atoms with Gasteiger partial charge in [-0.2, -0.15) is 0 Å². The number of carbonyl (C=O) groups excluding carboxylic acids is 2. The number of benzene rings is 1. The highest BCUT2D eigenvalue weighted by Gasteiger charge is 2.23. The topological polar surface area (TPSA) is 52.7 Å². The first-order chi connectivity index (χ1) is 11.5. The Balaban J connectivity index is 1.97. The predicted molar refractivity (Wildman–Crippen MR) is 97.7 cm³/mol. The lowest BCUT2D eigenvalue weighted by Crippen LogP contribution is -2.40. The number of rotatable bonds is 7. The molecule has 128 valence electrons. The Morgan fingerprint density at radius 3 is 2.62 bits per heavy atom. The van der Waals surface area contributed by atoms with Gasteiger partial charge in [0.25, 0.3) is 0 Å². The van der Waals surface area contributed by atoms with E-state index in [1.54, 1.807) is 23.0 Å². The van der Waals surface area contributed by atoms with Gasteiger partial charge in [0.05, 0.1) is 17.1 Å². The van der Waals surface area contributed by atoms with E-state index in [9.17, 15) is 9.59 Å². The van der Waals surface area contributed by atoms with E-state index < -0.39 is 0 Å². The molecular weight excluding hydrogens is 322 g/mol. The Kier molecular flexibility index (Phi) is 6.49. The minimum Gasteiger partial charge on any atom is -0.383 e. The summed E-state index contributed by atoms with van der Waals surface area (Å²) in [5, 5.41) is 3.66. The standard InChI is InChI=1S/C18H23N3O2S/c1-14(22)16(11-20(2)3)17-12-24-13-21(17)19-18(23)10-9-15-7-5-4-6-8-15/h4-8,11-12H,9-10,13H2,1-3H3,(H,19,23). The van der Waals surface area contributed by atoms with Crippen molar-refractivity contribution in [2.45, 2.75) is 19.8 Å². The Morgan fingerprint density at radius 1 is 1.29 bits per heavy atom. The maximum Gasteiger partial charge on any atom is 0.238 e. The fourth-order valence-electron chi connectivity index (χ4n) is 2.33. The second kappa shape index (κ2) is 8.59. The average molecular weight is 345 g/mol. The second-order valence-electron chi connectivity index (χ2n) is 5.81. The molecule has 0 bridgehead atoms. The molecule has 0 aliphatic carbocycles. The van der Waals surface area contributed by atoms with Crippen molar-refractivity contribution in [2.24, 2.45) is 0 Å². The molecular formula is C18H23N3O2S. The first kappa shape index (κ1) is 18.1. The summed E-state index contributed by atoms with van der Waals surface area (Å²) in [6, 6.07) is 9.92. The monoisotopic (exact) mass is 345 g/mol. The third kappa shape index (κ3) is 5.16. The fraction of sp³-hybridized carbons (Fsp3) is 0.333. The summed E-state index contributed by atoms with van der Waals surface area (Å²) in [6.07, 6.45) is 2.88. The number of hydrogen-bond acceptors (Lipinski definition) is 5. The zero-order chi connectivity index (χ0) is 17.5. The summed E-state index contributed by atoms with van der Waals surface area (Å²) in [7, 11) is 3.74. The number of hydrazine groups is 1. The van der Waals surface area contributed by atoms with E-state index in [1.165, 1.54) is 6.92 Å². The molecule has 1 aromatic carbocycles. The fourth-order valence-corrected chi connectivity index (χ4v) is 3.17. The minimum atomic E-state index is -0.0555. The largest absolute Gasteiger partial charge is 0.383 e. The number of amides is 1. The van der Waals surface area contributed by atoms with Gasteiger partial charge in [-0.1, -0.05) is 30.3 Å². The molecule has 0 fully saturated rings. The summed E-state index contributed by atoms with van der Waals surface area (Å²) >= 11 is 1.56. The van der Waals surface area contributed by atoms with Crippen molar-refractivity contribution in [3.63, 3.8) is 0 Å². The quantitative estimate of drug-likeness (QED) is 0.770. The molecule has 1 heterocycles. The van der Waals surface area contributed by atoms with Gasteiger partial charge in [-0.3, -0.25) is 20.0 Å². The third-order valence-corrected chi connectivity index (χ3v) is 4.27. The number of aryl methyl sites for hydroxylation is 1. The lowest BCUT2D eigenvalue weighted by molar-refractivity contribution is -0.125. The molecule has 0 saturated carbocycles.